The molecule has 1 saturated carbocycles. The maximum Gasteiger partial charge on any atom is 0.123 e. The molecule has 100 valence electrons. The average Bonchev–Trinajstić information content (AvgIpc) is 3.18. The van der Waals surface area contributed by atoms with Crippen LogP contribution in [0.5, 0.6) is 5.75 Å². The van der Waals surface area contributed by atoms with Gasteiger partial charge in [-0.3, -0.25) is 0 Å². The topological polar surface area (TPSA) is 21.3 Å². The van der Waals surface area contributed by atoms with Crippen LogP contribution in [0.4, 0.5) is 0 Å². The molecule has 0 heterocycles. The minimum absolute atomic E-state index is 0.367. The molecule has 3 heteroatoms. The fourth-order valence-corrected chi connectivity index (χ4v) is 2.48. The van der Waals surface area contributed by atoms with Crippen LogP contribution in [0.1, 0.15) is 44.2 Å². The van der Waals surface area contributed by atoms with Crippen molar-refractivity contribution in [1.82, 2.24) is 5.32 Å². The van der Waals surface area contributed by atoms with Crippen LogP contribution in [-0.4, -0.2) is 13.7 Å². The number of hydrogen-bond acceptors (Lipinski definition) is 2. The van der Waals surface area contributed by atoms with Crippen molar-refractivity contribution in [2.45, 2.75) is 38.6 Å². The van der Waals surface area contributed by atoms with Crippen LogP contribution in [0.15, 0.2) is 18.2 Å². The predicted octanol–water partition coefficient (Wildman–Crippen LogP) is 4.19. The fraction of sp³-hybridized carbons (Fsp3) is 0.600. The lowest BCUT2D eigenvalue weighted by atomic mass is 10.00. The second kappa shape index (κ2) is 6.44. The van der Waals surface area contributed by atoms with Gasteiger partial charge in [0.25, 0.3) is 0 Å². The second-order valence-corrected chi connectivity index (χ2v) is 5.51. The molecule has 18 heavy (non-hydrogen) atoms. The van der Waals surface area contributed by atoms with Gasteiger partial charge in [-0.15, -0.1) is 0 Å². The van der Waals surface area contributed by atoms with Crippen LogP contribution >= 0.6 is 11.6 Å². The van der Waals surface area contributed by atoms with Crippen molar-refractivity contribution in [3.8, 4) is 5.75 Å². The molecule has 0 amide bonds. The number of benzene rings is 1. The van der Waals surface area contributed by atoms with E-state index in [0.29, 0.717) is 6.04 Å². The van der Waals surface area contributed by atoms with Crippen LogP contribution in [-0.2, 0) is 0 Å². The molecule has 1 aromatic rings. The van der Waals surface area contributed by atoms with Crippen LogP contribution in [0.25, 0.3) is 0 Å². The molecule has 1 unspecified atom stereocenters. The van der Waals surface area contributed by atoms with Crippen molar-refractivity contribution in [1.29, 1.82) is 0 Å². The first-order valence-electron chi connectivity index (χ1n) is 6.81. The molecule has 1 fully saturated rings. The van der Waals surface area contributed by atoms with Gasteiger partial charge in [0.15, 0.2) is 0 Å². The number of nitrogens with one attached hydrogen (secondary N) is 1. The van der Waals surface area contributed by atoms with Crippen LogP contribution < -0.4 is 10.1 Å². The highest BCUT2D eigenvalue weighted by molar-refractivity contribution is 6.30. The normalized spacial score (nSPS) is 16.6. The van der Waals surface area contributed by atoms with E-state index in [0.717, 1.165) is 29.7 Å². The Bertz CT molecular complexity index is 390. The van der Waals surface area contributed by atoms with Crippen LogP contribution in [0, 0.1) is 5.92 Å². The highest BCUT2D eigenvalue weighted by Crippen LogP contribution is 2.40. The van der Waals surface area contributed by atoms with Gasteiger partial charge in [0, 0.05) is 16.6 Å². The Labute approximate surface area is 115 Å². The fourth-order valence-electron chi connectivity index (χ4n) is 2.30. The van der Waals surface area contributed by atoms with E-state index in [-0.39, 0.29) is 0 Å². The smallest absolute Gasteiger partial charge is 0.123 e. The molecule has 1 aliphatic rings. The highest BCUT2D eigenvalue weighted by Gasteiger charge is 2.27. The lowest BCUT2D eigenvalue weighted by molar-refractivity contribution is 0.391. The Morgan fingerprint density at radius 2 is 2.22 bits per heavy atom. The van der Waals surface area contributed by atoms with E-state index in [1.165, 1.54) is 24.8 Å². The molecule has 0 bridgehead atoms. The van der Waals surface area contributed by atoms with Gasteiger partial charge < -0.3 is 10.1 Å². The third-order valence-corrected chi connectivity index (χ3v) is 3.71. The Morgan fingerprint density at radius 3 is 2.83 bits per heavy atom. The molecule has 1 N–H and O–H groups in total. The monoisotopic (exact) mass is 267 g/mol. The van der Waals surface area contributed by atoms with Crippen molar-refractivity contribution in [2.75, 3.05) is 13.7 Å². The van der Waals surface area contributed by atoms with E-state index in [2.05, 4.69) is 12.2 Å². The van der Waals surface area contributed by atoms with Gasteiger partial charge in [-0.1, -0.05) is 31.4 Å². The van der Waals surface area contributed by atoms with Crippen molar-refractivity contribution in [2.24, 2.45) is 5.92 Å². The molecule has 2 nitrogen and oxygen atoms in total. The largest absolute Gasteiger partial charge is 0.496 e. The summed E-state index contributed by atoms with van der Waals surface area (Å²) in [5.41, 5.74) is 1.20. The number of rotatable bonds is 7. The quantitative estimate of drug-likeness (QED) is 0.800. The first-order chi connectivity index (χ1) is 8.74. The molecule has 0 radical (unpaired) electrons. The van der Waals surface area contributed by atoms with E-state index in [4.69, 9.17) is 16.3 Å². The zero-order valence-corrected chi connectivity index (χ0v) is 12.0. The van der Waals surface area contributed by atoms with Crippen molar-refractivity contribution < 1.29 is 4.74 Å². The Morgan fingerprint density at radius 1 is 1.44 bits per heavy atom. The van der Waals surface area contributed by atoms with Crippen LogP contribution in [0.2, 0.25) is 5.02 Å². The summed E-state index contributed by atoms with van der Waals surface area (Å²) in [6, 6.07) is 6.25. The summed E-state index contributed by atoms with van der Waals surface area (Å²) in [7, 11) is 1.72. The van der Waals surface area contributed by atoms with Crippen molar-refractivity contribution in [3.63, 3.8) is 0 Å². The summed E-state index contributed by atoms with van der Waals surface area (Å²) in [5, 5.41) is 4.40. The van der Waals surface area contributed by atoms with Gasteiger partial charge in [-0.25, -0.2) is 0 Å². The van der Waals surface area contributed by atoms with Crippen molar-refractivity contribution in [3.05, 3.63) is 28.8 Å². The number of methoxy groups -OCH3 is 1. The Kier molecular flexibility index (Phi) is 4.90. The molecular weight excluding hydrogens is 246 g/mol. The number of ether oxygens (including phenoxy) is 1. The summed E-state index contributed by atoms with van der Waals surface area (Å²) >= 11 is 6.12. The SMILES string of the molecule is CCCNC(CC1CC1)c1cc(Cl)ccc1OC. The van der Waals surface area contributed by atoms with E-state index in [1.54, 1.807) is 7.11 Å². The molecule has 0 aliphatic heterocycles. The first-order valence-corrected chi connectivity index (χ1v) is 7.19. The van der Waals surface area contributed by atoms with E-state index >= 15 is 0 Å². The maximum atomic E-state index is 6.12. The standard InChI is InChI=1S/C15H22ClNO/c1-3-8-17-14(9-11-4-5-11)13-10-12(16)6-7-15(13)18-2/h6-7,10-11,14,17H,3-5,8-9H2,1-2H3. The zero-order chi connectivity index (χ0) is 13.0. The third kappa shape index (κ3) is 3.63. The molecule has 2 rings (SSSR count). The molecule has 0 saturated heterocycles. The molecule has 0 spiro atoms. The Hall–Kier alpha value is -0.730. The van der Waals surface area contributed by atoms with E-state index < -0.39 is 0 Å². The van der Waals surface area contributed by atoms with E-state index in [1.807, 2.05) is 18.2 Å². The minimum atomic E-state index is 0.367. The van der Waals surface area contributed by atoms with E-state index in [9.17, 15) is 0 Å². The lowest BCUT2D eigenvalue weighted by Crippen LogP contribution is -2.23. The summed E-state index contributed by atoms with van der Waals surface area (Å²) in [6.07, 6.45) is 5.07. The highest BCUT2D eigenvalue weighted by atomic mass is 35.5. The second-order valence-electron chi connectivity index (χ2n) is 5.07. The Balaban J connectivity index is 2.18. The van der Waals surface area contributed by atoms with Crippen LogP contribution in [0.3, 0.4) is 0 Å². The average molecular weight is 268 g/mol. The summed E-state index contributed by atoms with van der Waals surface area (Å²) < 4.78 is 5.46. The predicted molar refractivity (Wildman–Crippen MR) is 76.4 cm³/mol. The van der Waals surface area contributed by atoms with Gasteiger partial charge in [0.2, 0.25) is 0 Å². The molecule has 1 aliphatic carbocycles. The molecular formula is C15H22ClNO. The summed E-state index contributed by atoms with van der Waals surface area (Å²) in [6.45, 7) is 3.23. The number of halogens is 1. The summed E-state index contributed by atoms with van der Waals surface area (Å²) in [5.74, 6) is 1.82. The maximum absolute atomic E-state index is 6.12. The number of hydrogen-bond donors (Lipinski definition) is 1. The van der Waals surface area contributed by atoms with Gasteiger partial charge in [0.1, 0.15) is 5.75 Å². The lowest BCUT2D eigenvalue weighted by Gasteiger charge is -2.21. The molecule has 1 atom stereocenters. The van der Waals surface area contributed by atoms with Crippen molar-refractivity contribution >= 4 is 11.6 Å². The van der Waals surface area contributed by atoms with Gasteiger partial charge >= 0.3 is 0 Å². The zero-order valence-electron chi connectivity index (χ0n) is 11.2. The van der Waals surface area contributed by atoms with Gasteiger partial charge in [0.05, 0.1) is 7.11 Å². The third-order valence-electron chi connectivity index (χ3n) is 3.47. The van der Waals surface area contributed by atoms with Gasteiger partial charge in [-0.05, 0) is 43.5 Å². The minimum Gasteiger partial charge on any atom is -0.496 e. The first kappa shape index (κ1) is 13.7. The molecule has 0 aromatic heterocycles. The summed E-state index contributed by atoms with van der Waals surface area (Å²) in [4.78, 5) is 0. The van der Waals surface area contributed by atoms with Gasteiger partial charge in [-0.2, -0.15) is 0 Å². The molecule has 1 aromatic carbocycles.